The number of hydrogen-bond acceptors (Lipinski definition) is 3. The number of ether oxygens (including phenoxy) is 1. The van der Waals surface area contributed by atoms with Crippen molar-refractivity contribution in [3.05, 3.63) is 98.6 Å². The molecule has 0 heterocycles. The Hall–Kier alpha value is -3.55. The molecule has 0 unspecified atom stereocenters. The summed E-state index contributed by atoms with van der Waals surface area (Å²) in [6.07, 6.45) is 1.50. The van der Waals surface area contributed by atoms with E-state index < -0.39 is 5.91 Å². The maximum atomic E-state index is 12.7. The Morgan fingerprint density at radius 3 is 2.38 bits per heavy atom. The van der Waals surface area contributed by atoms with Crippen molar-refractivity contribution in [2.24, 2.45) is 0 Å². The minimum Gasteiger partial charge on any atom is -0.488 e. The number of carbonyl (C=O) groups excluding carboxylic acids is 1. The number of aryl methyl sites for hydroxylation is 4. The number of hydrogen-bond donors (Lipinski definition) is 1. The molecular weight excluding hydrogens is 420 g/mol. The van der Waals surface area contributed by atoms with E-state index in [4.69, 9.17) is 16.3 Å². The van der Waals surface area contributed by atoms with Crippen LogP contribution in [0.2, 0.25) is 5.02 Å². The predicted octanol–water partition coefficient (Wildman–Crippen LogP) is 6.70. The van der Waals surface area contributed by atoms with E-state index in [9.17, 15) is 10.1 Å². The van der Waals surface area contributed by atoms with Crippen LogP contribution in [0.25, 0.3) is 6.08 Å². The van der Waals surface area contributed by atoms with Gasteiger partial charge in [0.05, 0.1) is 0 Å². The number of benzene rings is 3. The minimum absolute atomic E-state index is 0.0401. The Bertz CT molecular complexity index is 1220. The topological polar surface area (TPSA) is 62.1 Å². The molecular formula is C27H25ClN2O2. The molecule has 0 saturated heterocycles. The molecule has 0 aliphatic heterocycles. The van der Waals surface area contributed by atoms with E-state index in [1.165, 1.54) is 6.08 Å². The Morgan fingerprint density at radius 2 is 1.72 bits per heavy atom. The van der Waals surface area contributed by atoms with Crippen molar-refractivity contribution in [2.75, 3.05) is 5.32 Å². The Labute approximate surface area is 194 Å². The number of nitriles is 1. The van der Waals surface area contributed by atoms with Gasteiger partial charge in [-0.3, -0.25) is 4.79 Å². The van der Waals surface area contributed by atoms with E-state index in [2.05, 4.69) is 23.5 Å². The molecule has 0 bridgehead atoms. The third-order valence-corrected chi connectivity index (χ3v) is 5.31. The fraction of sp³-hybridized carbons (Fsp3) is 0.185. The van der Waals surface area contributed by atoms with Crippen molar-refractivity contribution in [1.29, 1.82) is 5.26 Å². The van der Waals surface area contributed by atoms with Crippen molar-refractivity contribution < 1.29 is 9.53 Å². The fourth-order valence-electron chi connectivity index (χ4n) is 3.40. The van der Waals surface area contributed by atoms with Crippen molar-refractivity contribution >= 4 is 29.3 Å². The van der Waals surface area contributed by atoms with E-state index in [1.807, 2.05) is 52.0 Å². The summed E-state index contributed by atoms with van der Waals surface area (Å²) in [4.78, 5) is 12.7. The summed E-state index contributed by atoms with van der Waals surface area (Å²) in [7, 11) is 0. The smallest absolute Gasteiger partial charge is 0.266 e. The Balaban J connectivity index is 1.84. The van der Waals surface area contributed by atoms with E-state index in [0.717, 1.165) is 27.8 Å². The molecule has 0 fully saturated rings. The van der Waals surface area contributed by atoms with Crippen molar-refractivity contribution in [3.63, 3.8) is 0 Å². The van der Waals surface area contributed by atoms with Crippen LogP contribution in [-0.4, -0.2) is 5.91 Å². The molecule has 3 rings (SSSR count). The van der Waals surface area contributed by atoms with E-state index in [1.54, 1.807) is 18.2 Å². The van der Waals surface area contributed by atoms with Crippen LogP contribution in [0.1, 0.15) is 33.4 Å². The summed E-state index contributed by atoms with van der Waals surface area (Å²) in [6.45, 7) is 8.42. The SMILES string of the molecule is Cc1cc(C)cc(COc2ccc(Cl)cc2/C=C(\C#N)C(=O)Nc2ccc(C)c(C)c2)c1. The molecule has 4 nitrogen and oxygen atoms in total. The molecule has 0 aromatic heterocycles. The highest BCUT2D eigenvalue weighted by molar-refractivity contribution is 6.30. The summed E-state index contributed by atoms with van der Waals surface area (Å²) in [5, 5.41) is 12.9. The number of nitrogens with zero attached hydrogens (tertiary/aromatic N) is 1. The zero-order valence-electron chi connectivity index (χ0n) is 18.6. The van der Waals surface area contributed by atoms with Crippen LogP contribution in [0.15, 0.2) is 60.2 Å². The second kappa shape index (κ2) is 10.2. The predicted molar refractivity (Wildman–Crippen MR) is 130 cm³/mol. The first-order valence-electron chi connectivity index (χ1n) is 10.2. The van der Waals surface area contributed by atoms with Gasteiger partial charge in [-0.25, -0.2) is 0 Å². The normalized spacial score (nSPS) is 11.1. The lowest BCUT2D eigenvalue weighted by atomic mass is 10.1. The molecule has 1 amide bonds. The number of carbonyl (C=O) groups is 1. The molecule has 32 heavy (non-hydrogen) atoms. The molecule has 3 aromatic carbocycles. The summed E-state index contributed by atoms with van der Waals surface area (Å²) in [5.74, 6) is 0.0521. The molecule has 0 aliphatic carbocycles. The van der Waals surface area contributed by atoms with Gasteiger partial charge in [-0.2, -0.15) is 5.26 Å². The highest BCUT2D eigenvalue weighted by atomic mass is 35.5. The maximum absolute atomic E-state index is 12.7. The first-order chi connectivity index (χ1) is 15.2. The Morgan fingerprint density at radius 1 is 1.00 bits per heavy atom. The van der Waals surface area contributed by atoms with Crippen molar-refractivity contribution in [1.82, 2.24) is 0 Å². The van der Waals surface area contributed by atoms with Crippen molar-refractivity contribution in [2.45, 2.75) is 34.3 Å². The van der Waals surface area contributed by atoms with Gasteiger partial charge in [0.25, 0.3) is 5.91 Å². The van der Waals surface area contributed by atoms with Crippen LogP contribution >= 0.6 is 11.6 Å². The van der Waals surface area contributed by atoms with E-state index >= 15 is 0 Å². The van der Waals surface area contributed by atoms with E-state index in [0.29, 0.717) is 28.6 Å². The van der Waals surface area contributed by atoms with Gasteiger partial charge in [-0.15, -0.1) is 0 Å². The van der Waals surface area contributed by atoms with Gasteiger partial charge in [-0.05, 0) is 80.8 Å². The molecule has 0 radical (unpaired) electrons. The second-order valence-electron chi connectivity index (χ2n) is 7.89. The number of anilines is 1. The lowest BCUT2D eigenvalue weighted by Gasteiger charge is -2.12. The zero-order valence-corrected chi connectivity index (χ0v) is 19.4. The quantitative estimate of drug-likeness (QED) is 0.340. The molecule has 3 aromatic rings. The molecule has 1 N–H and O–H groups in total. The minimum atomic E-state index is -0.490. The van der Waals surface area contributed by atoms with Crippen LogP contribution in [0.3, 0.4) is 0 Å². The van der Waals surface area contributed by atoms with Crippen molar-refractivity contribution in [3.8, 4) is 11.8 Å². The lowest BCUT2D eigenvalue weighted by Crippen LogP contribution is -2.13. The lowest BCUT2D eigenvalue weighted by molar-refractivity contribution is -0.112. The zero-order chi connectivity index (χ0) is 23.3. The average molecular weight is 445 g/mol. The first-order valence-corrected chi connectivity index (χ1v) is 10.6. The van der Waals surface area contributed by atoms with Crippen LogP contribution in [0.4, 0.5) is 5.69 Å². The molecule has 0 aliphatic rings. The number of nitrogens with one attached hydrogen (secondary N) is 1. The third kappa shape index (κ3) is 6.00. The van der Waals surface area contributed by atoms with Gasteiger partial charge in [0.2, 0.25) is 0 Å². The van der Waals surface area contributed by atoms with Gasteiger partial charge in [0.1, 0.15) is 24.0 Å². The maximum Gasteiger partial charge on any atom is 0.266 e. The van der Waals surface area contributed by atoms with Gasteiger partial charge in [0, 0.05) is 16.3 Å². The van der Waals surface area contributed by atoms with Gasteiger partial charge >= 0.3 is 0 Å². The molecule has 162 valence electrons. The van der Waals surface area contributed by atoms with Crippen LogP contribution in [0, 0.1) is 39.0 Å². The average Bonchev–Trinajstić information content (AvgIpc) is 2.73. The number of rotatable bonds is 6. The summed E-state index contributed by atoms with van der Waals surface area (Å²) in [6, 6.07) is 19.0. The molecule has 5 heteroatoms. The van der Waals surface area contributed by atoms with Gasteiger partial charge in [-0.1, -0.05) is 47.0 Å². The van der Waals surface area contributed by atoms with Gasteiger partial charge < -0.3 is 10.1 Å². The summed E-state index contributed by atoms with van der Waals surface area (Å²) >= 11 is 6.18. The number of amides is 1. The molecule has 0 saturated carbocycles. The standard InChI is InChI=1S/C27H25ClN2O2/c1-17-9-18(2)11-21(10-17)16-32-26-8-6-24(28)14-22(26)13-23(15-29)27(31)30-25-7-5-19(3)20(4)12-25/h5-14H,16H2,1-4H3,(H,30,31)/b23-13+. The third-order valence-electron chi connectivity index (χ3n) is 5.08. The molecule has 0 atom stereocenters. The molecule has 0 spiro atoms. The monoisotopic (exact) mass is 444 g/mol. The van der Waals surface area contributed by atoms with Gasteiger partial charge in [0.15, 0.2) is 0 Å². The summed E-state index contributed by atoms with van der Waals surface area (Å²) < 4.78 is 6.02. The largest absolute Gasteiger partial charge is 0.488 e. The van der Waals surface area contributed by atoms with Crippen LogP contribution in [-0.2, 0) is 11.4 Å². The fourth-order valence-corrected chi connectivity index (χ4v) is 3.58. The van der Waals surface area contributed by atoms with E-state index in [-0.39, 0.29) is 5.57 Å². The highest BCUT2D eigenvalue weighted by Crippen LogP contribution is 2.27. The highest BCUT2D eigenvalue weighted by Gasteiger charge is 2.13. The number of halogens is 1. The second-order valence-corrected chi connectivity index (χ2v) is 8.33. The van der Waals surface area contributed by atoms with Crippen LogP contribution < -0.4 is 10.1 Å². The summed E-state index contributed by atoms with van der Waals surface area (Å²) in [5.41, 5.74) is 6.71. The first kappa shape index (κ1) is 23.1. The van der Waals surface area contributed by atoms with Crippen LogP contribution in [0.5, 0.6) is 5.75 Å². The Kier molecular flexibility index (Phi) is 7.35.